The van der Waals surface area contributed by atoms with Crippen LogP contribution in [-0.4, -0.2) is 25.1 Å². The zero-order valence-electron chi connectivity index (χ0n) is 18.2. The second-order valence-electron chi connectivity index (χ2n) is 8.12. The van der Waals surface area contributed by atoms with Crippen LogP contribution in [0, 0.1) is 0 Å². The molecular formula is C25H24N2O5S. The molecule has 4 rings (SSSR count). The van der Waals surface area contributed by atoms with E-state index in [1.165, 1.54) is 32.0 Å². The van der Waals surface area contributed by atoms with Crippen molar-refractivity contribution >= 4 is 33.0 Å². The lowest BCUT2D eigenvalue weighted by molar-refractivity contribution is 0.100. The molecule has 0 aromatic heterocycles. The summed E-state index contributed by atoms with van der Waals surface area (Å²) in [6.45, 7) is 2.92. The molecule has 1 aliphatic rings. The Balaban J connectivity index is 1.60. The Hall–Kier alpha value is -3.49. The fourth-order valence-electron chi connectivity index (χ4n) is 3.92. The molecule has 0 bridgehead atoms. The molecule has 0 saturated carbocycles. The highest BCUT2D eigenvalue weighted by atomic mass is 32.2. The van der Waals surface area contributed by atoms with Crippen LogP contribution in [0.1, 0.15) is 64.3 Å². The van der Waals surface area contributed by atoms with Gasteiger partial charge in [-0.2, -0.15) is 0 Å². The van der Waals surface area contributed by atoms with Gasteiger partial charge in [-0.15, -0.1) is 0 Å². The van der Waals surface area contributed by atoms with Crippen molar-refractivity contribution in [2.45, 2.75) is 37.3 Å². The zero-order valence-corrected chi connectivity index (χ0v) is 19.0. The van der Waals surface area contributed by atoms with Crippen molar-refractivity contribution in [3.05, 3.63) is 89.0 Å². The maximum Gasteiger partial charge on any atom is 0.261 e. The molecule has 1 aliphatic heterocycles. The highest BCUT2D eigenvalue weighted by Crippen LogP contribution is 2.40. The van der Waals surface area contributed by atoms with E-state index < -0.39 is 16.1 Å². The van der Waals surface area contributed by atoms with Crippen molar-refractivity contribution in [2.75, 3.05) is 10.0 Å². The number of aliphatic hydroxyl groups is 1. The van der Waals surface area contributed by atoms with Gasteiger partial charge in [-0.3, -0.25) is 14.3 Å². The maximum atomic E-state index is 12.9. The fourth-order valence-corrected chi connectivity index (χ4v) is 5.01. The van der Waals surface area contributed by atoms with Gasteiger partial charge in [-0.25, -0.2) is 8.42 Å². The molecule has 3 aromatic carbocycles. The van der Waals surface area contributed by atoms with E-state index in [2.05, 4.69) is 10.0 Å². The van der Waals surface area contributed by atoms with Crippen molar-refractivity contribution in [2.24, 2.45) is 0 Å². The third-order valence-electron chi connectivity index (χ3n) is 5.70. The summed E-state index contributed by atoms with van der Waals surface area (Å²) in [5.74, 6) is -0.202. The number of nitrogens with one attached hydrogen (secondary N) is 2. The quantitative estimate of drug-likeness (QED) is 0.464. The molecule has 0 saturated heterocycles. The molecular weight excluding hydrogens is 440 g/mol. The average molecular weight is 465 g/mol. The lowest BCUT2D eigenvalue weighted by Gasteiger charge is -2.31. The molecule has 3 aromatic rings. The Morgan fingerprint density at radius 2 is 1.61 bits per heavy atom. The number of aliphatic hydroxyl groups excluding tert-OH is 1. The molecule has 170 valence electrons. The molecule has 1 heterocycles. The van der Waals surface area contributed by atoms with Crippen LogP contribution in [0.2, 0.25) is 0 Å². The first-order chi connectivity index (χ1) is 15.6. The van der Waals surface area contributed by atoms with E-state index in [-0.39, 0.29) is 28.2 Å². The number of anilines is 2. The largest absolute Gasteiger partial charge is 0.388 e. The minimum atomic E-state index is -3.93. The molecule has 3 N–H and O–H groups in total. The Morgan fingerprint density at radius 3 is 2.30 bits per heavy atom. The summed E-state index contributed by atoms with van der Waals surface area (Å²) in [6.07, 6.45) is -0.560. The van der Waals surface area contributed by atoms with Crippen molar-refractivity contribution < 1.29 is 23.1 Å². The number of sulfonamides is 1. The van der Waals surface area contributed by atoms with Gasteiger partial charge in [0.1, 0.15) is 0 Å². The van der Waals surface area contributed by atoms with E-state index in [0.29, 0.717) is 28.8 Å². The van der Waals surface area contributed by atoms with Crippen LogP contribution in [0.3, 0.4) is 0 Å². The van der Waals surface area contributed by atoms with Gasteiger partial charge in [-0.05, 0) is 55.8 Å². The lowest BCUT2D eigenvalue weighted by Crippen LogP contribution is -2.22. The molecule has 0 fully saturated rings. The van der Waals surface area contributed by atoms with Crippen LogP contribution in [-0.2, 0) is 10.0 Å². The Labute approximate surface area is 192 Å². The first-order valence-electron chi connectivity index (χ1n) is 10.5. The van der Waals surface area contributed by atoms with Gasteiger partial charge in [0, 0.05) is 34.5 Å². The lowest BCUT2D eigenvalue weighted by atomic mass is 9.90. The third kappa shape index (κ3) is 4.81. The number of hydrogen-bond donors (Lipinski definition) is 3. The first-order valence-corrected chi connectivity index (χ1v) is 12.0. The van der Waals surface area contributed by atoms with Crippen LogP contribution in [0.5, 0.6) is 0 Å². The molecule has 2 atom stereocenters. The summed E-state index contributed by atoms with van der Waals surface area (Å²) in [5, 5.41) is 14.1. The molecule has 33 heavy (non-hydrogen) atoms. The molecule has 0 amide bonds. The van der Waals surface area contributed by atoms with E-state index in [1.807, 2.05) is 6.07 Å². The van der Waals surface area contributed by atoms with Gasteiger partial charge >= 0.3 is 0 Å². The monoisotopic (exact) mass is 464 g/mol. The molecule has 0 aliphatic carbocycles. The number of benzene rings is 3. The maximum absolute atomic E-state index is 12.9. The van der Waals surface area contributed by atoms with Crippen molar-refractivity contribution in [1.29, 1.82) is 0 Å². The van der Waals surface area contributed by atoms with Crippen LogP contribution in [0.15, 0.2) is 71.6 Å². The number of carbonyl (C=O) groups excluding carboxylic acids is 2. The Morgan fingerprint density at radius 1 is 0.939 bits per heavy atom. The van der Waals surface area contributed by atoms with Crippen molar-refractivity contribution in [3.8, 4) is 0 Å². The zero-order chi connectivity index (χ0) is 23.8. The second kappa shape index (κ2) is 8.80. The van der Waals surface area contributed by atoms with E-state index >= 15 is 0 Å². The molecule has 0 radical (unpaired) electrons. The van der Waals surface area contributed by atoms with Crippen molar-refractivity contribution in [1.82, 2.24) is 0 Å². The average Bonchev–Trinajstić information content (AvgIpc) is 2.78. The standard InChI is InChI=1S/C25H24N2O5S/c1-15(28)17-5-3-7-19(11-17)24-14-25(30)22-13-21(9-10-23(22)26-24)33(31,32)27-20-8-4-6-18(12-20)16(2)29/h3-13,24-27,30H,14H2,1-2H3/t24?,25-/m0/s1. The predicted molar refractivity (Wildman–Crippen MR) is 126 cm³/mol. The van der Waals surface area contributed by atoms with E-state index in [4.69, 9.17) is 0 Å². The summed E-state index contributed by atoms with van der Waals surface area (Å²) in [5.41, 5.74) is 3.26. The van der Waals surface area contributed by atoms with Gasteiger partial charge in [0.05, 0.1) is 17.0 Å². The summed E-state index contributed by atoms with van der Waals surface area (Å²) in [6, 6.07) is 17.8. The second-order valence-corrected chi connectivity index (χ2v) is 9.80. The van der Waals surface area contributed by atoms with E-state index in [9.17, 15) is 23.1 Å². The highest BCUT2D eigenvalue weighted by Gasteiger charge is 2.28. The van der Waals surface area contributed by atoms with Crippen LogP contribution in [0.25, 0.3) is 0 Å². The van der Waals surface area contributed by atoms with Gasteiger partial charge in [0.15, 0.2) is 11.6 Å². The normalized spacial score (nSPS) is 17.5. The van der Waals surface area contributed by atoms with Crippen molar-refractivity contribution in [3.63, 3.8) is 0 Å². The minimum absolute atomic E-state index is 0.00681. The van der Waals surface area contributed by atoms with Crippen LogP contribution in [0.4, 0.5) is 11.4 Å². The van der Waals surface area contributed by atoms with Crippen LogP contribution < -0.4 is 10.0 Å². The Kier molecular flexibility index (Phi) is 6.05. The molecule has 0 spiro atoms. The molecule has 1 unspecified atom stereocenters. The predicted octanol–water partition coefficient (Wildman–Crippen LogP) is 4.48. The summed E-state index contributed by atoms with van der Waals surface area (Å²) in [4.78, 5) is 23.3. The summed E-state index contributed by atoms with van der Waals surface area (Å²) in [7, 11) is -3.93. The van der Waals surface area contributed by atoms with Gasteiger partial charge in [-0.1, -0.05) is 30.3 Å². The topological polar surface area (TPSA) is 113 Å². The van der Waals surface area contributed by atoms with Gasteiger partial charge < -0.3 is 10.4 Å². The number of Topliss-reactive ketones (excluding diaryl/α,β-unsaturated/α-hetero) is 2. The smallest absolute Gasteiger partial charge is 0.261 e. The van der Waals surface area contributed by atoms with Crippen LogP contribution >= 0.6 is 0 Å². The SMILES string of the molecule is CC(=O)c1cccc(NS(=O)(=O)c2ccc3c(c2)[C@@H](O)CC(c2cccc(C(C)=O)c2)N3)c1. The fraction of sp³-hybridized carbons (Fsp3) is 0.200. The minimum Gasteiger partial charge on any atom is -0.388 e. The number of carbonyl (C=O) groups is 2. The Bertz CT molecular complexity index is 1350. The van der Waals surface area contributed by atoms with E-state index in [0.717, 1.165) is 5.56 Å². The highest BCUT2D eigenvalue weighted by molar-refractivity contribution is 7.92. The number of fused-ring (bicyclic) bond motifs is 1. The van der Waals surface area contributed by atoms with Gasteiger partial charge in [0.25, 0.3) is 10.0 Å². The summed E-state index contributed by atoms with van der Waals surface area (Å²) >= 11 is 0. The van der Waals surface area contributed by atoms with E-state index in [1.54, 1.807) is 42.5 Å². The summed E-state index contributed by atoms with van der Waals surface area (Å²) < 4.78 is 28.4. The number of hydrogen-bond acceptors (Lipinski definition) is 6. The first kappa shape index (κ1) is 22.7. The number of ketones is 2. The molecule has 7 nitrogen and oxygen atoms in total. The van der Waals surface area contributed by atoms with Gasteiger partial charge in [0.2, 0.25) is 0 Å². The third-order valence-corrected chi connectivity index (χ3v) is 7.08. The molecule has 8 heteroatoms. The number of rotatable bonds is 6.